The smallest absolute Gasteiger partial charge is 0.151 e. The van der Waals surface area contributed by atoms with Crippen LogP contribution >= 0.6 is 0 Å². The molecule has 1 N–H and O–H groups in total. The fourth-order valence-electron chi connectivity index (χ4n) is 3.51. The van der Waals surface area contributed by atoms with Gasteiger partial charge in [0.2, 0.25) is 0 Å². The molecule has 5 nitrogen and oxygen atoms in total. The number of aliphatic hydroxyl groups is 1. The Hall–Kier alpha value is -2.05. The van der Waals surface area contributed by atoms with E-state index in [0.29, 0.717) is 12.6 Å². The van der Waals surface area contributed by atoms with E-state index < -0.39 is 6.10 Å². The summed E-state index contributed by atoms with van der Waals surface area (Å²) >= 11 is 0. The molecule has 25 heavy (non-hydrogen) atoms. The van der Waals surface area contributed by atoms with Crippen LogP contribution in [0, 0.1) is 12.7 Å². The molecule has 0 spiro atoms. The van der Waals surface area contributed by atoms with Gasteiger partial charge in [0.25, 0.3) is 0 Å². The van der Waals surface area contributed by atoms with Gasteiger partial charge in [0.15, 0.2) is 5.82 Å². The Kier molecular flexibility index (Phi) is 5.60. The van der Waals surface area contributed by atoms with Gasteiger partial charge in [0, 0.05) is 38.9 Å². The van der Waals surface area contributed by atoms with Crippen molar-refractivity contribution in [3.63, 3.8) is 0 Å². The molecule has 1 unspecified atom stereocenters. The van der Waals surface area contributed by atoms with Gasteiger partial charge in [-0.15, -0.1) is 5.10 Å². The number of benzene rings is 1. The van der Waals surface area contributed by atoms with Gasteiger partial charge in [-0.3, -0.25) is 0 Å². The number of nitrogens with zero attached hydrogens (tertiary/aromatic N) is 4. The average Bonchev–Trinajstić information content (AvgIpc) is 2.62. The first kappa shape index (κ1) is 17.8. The number of hydrogen-bond donors (Lipinski definition) is 1. The van der Waals surface area contributed by atoms with Gasteiger partial charge in [0.05, 0.1) is 6.10 Å². The van der Waals surface area contributed by atoms with Crippen molar-refractivity contribution in [2.75, 3.05) is 31.6 Å². The van der Waals surface area contributed by atoms with Gasteiger partial charge in [-0.2, -0.15) is 5.10 Å². The highest BCUT2D eigenvalue weighted by atomic mass is 19.1. The Bertz CT molecular complexity index is 689. The zero-order chi connectivity index (χ0) is 17.8. The van der Waals surface area contributed by atoms with E-state index in [1.54, 1.807) is 12.3 Å². The Labute approximate surface area is 148 Å². The minimum absolute atomic E-state index is 0.263. The number of rotatable bonds is 5. The zero-order valence-electron chi connectivity index (χ0n) is 14.8. The monoisotopic (exact) mass is 344 g/mol. The lowest BCUT2D eigenvalue weighted by molar-refractivity contribution is 0.0967. The summed E-state index contributed by atoms with van der Waals surface area (Å²) < 4.78 is 13.2. The van der Waals surface area contributed by atoms with Crippen molar-refractivity contribution in [1.29, 1.82) is 0 Å². The first-order chi connectivity index (χ1) is 12.0. The van der Waals surface area contributed by atoms with Crippen LogP contribution in [-0.4, -0.2) is 52.9 Å². The van der Waals surface area contributed by atoms with Crippen LogP contribution < -0.4 is 4.90 Å². The minimum atomic E-state index is -0.588. The summed E-state index contributed by atoms with van der Waals surface area (Å²) in [5.74, 6) is 0.629. The summed E-state index contributed by atoms with van der Waals surface area (Å²) in [4.78, 5) is 4.46. The third kappa shape index (κ3) is 4.32. The zero-order valence-corrected chi connectivity index (χ0v) is 14.8. The van der Waals surface area contributed by atoms with Crippen LogP contribution in [0.2, 0.25) is 0 Å². The Morgan fingerprint density at radius 1 is 1.32 bits per heavy atom. The van der Waals surface area contributed by atoms with Crippen LogP contribution in [0.3, 0.4) is 0 Å². The van der Waals surface area contributed by atoms with E-state index in [0.717, 1.165) is 42.9 Å². The number of aliphatic hydroxyl groups excluding tert-OH is 1. The maximum atomic E-state index is 13.2. The third-order valence-electron chi connectivity index (χ3n) is 5.05. The molecule has 0 saturated carbocycles. The second-order valence-electron chi connectivity index (χ2n) is 6.74. The van der Waals surface area contributed by atoms with Crippen molar-refractivity contribution < 1.29 is 9.50 Å². The lowest BCUT2D eigenvalue weighted by atomic mass is 10.00. The molecular formula is C19H25FN4O. The topological polar surface area (TPSA) is 52.5 Å². The number of anilines is 1. The van der Waals surface area contributed by atoms with E-state index in [1.165, 1.54) is 12.1 Å². The number of β-amino-alcohol motifs (C(OH)–C–C–N with tert-alkyl or cyclic N) is 1. The predicted octanol–water partition coefficient (Wildman–Crippen LogP) is 2.56. The van der Waals surface area contributed by atoms with Crippen LogP contribution in [0.25, 0.3) is 0 Å². The van der Waals surface area contributed by atoms with Gasteiger partial charge < -0.3 is 14.9 Å². The van der Waals surface area contributed by atoms with Crippen molar-refractivity contribution in [1.82, 2.24) is 15.1 Å². The number of aromatic nitrogens is 2. The van der Waals surface area contributed by atoms with E-state index in [4.69, 9.17) is 0 Å². The van der Waals surface area contributed by atoms with Crippen molar-refractivity contribution in [2.45, 2.75) is 31.9 Å². The SMILES string of the molecule is Cc1cc(F)ccc1C(O)CN1CCC(N(C)c2cccnn2)CC1. The van der Waals surface area contributed by atoms with Crippen molar-refractivity contribution in [3.05, 3.63) is 53.5 Å². The van der Waals surface area contributed by atoms with E-state index >= 15 is 0 Å². The number of hydrogen-bond acceptors (Lipinski definition) is 5. The van der Waals surface area contributed by atoms with Gasteiger partial charge in [-0.25, -0.2) is 4.39 Å². The maximum absolute atomic E-state index is 13.2. The van der Waals surface area contributed by atoms with Crippen molar-refractivity contribution in [2.24, 2.45) is 0 Å². The molecule has 0 radical (unpaired) electrons. The molecule has 134 valence electrons. The first-order valence-electron chi connectivity index (χ1n) is 8.71. The Balaban J connectivity index is 1.54. The molecule has 0 aliphatic carbocycles. The van der Waals surface area contributed by atoms with Gasteiger partial charge in [0.1, 0.15) is 5.82 Å². The van der Waals surface area contributed by atoms with E-state index in [9.17, 15) is 9.50 Å². The lowest BCUT2D eigenvalue weighted by Crippen LogP contribution is -2.44. The quantitative estimate of drug-likeness (QED) is 0.903. The van der Waals surface area contributed by atoms with Crippen molar-refractivity contribution in [3.8, 4) is 0 Å². The molecule has 0 bridgehead atoms. The number of halogens is 1. The highest BCUT2D eigenvalue weighted by Crippen LogP contribution is 2.23. The fourth-order valence-corrected chi connectivity index (χ4v) is 3.51. The second kappa shape index (κ2) is 7.89. The molecule has 6 heteroatoms. The Morgan fingerprint density at radius 2 is 2.08 bits per heavy atom. The average molecular weight is 344 g/mol. The summed E-state index contributed by atoms with van der Waals surface area (Å²) in [7, 11) is 2.06. The van der Waals surface area contributed by atoms with Gasteiger partial charge >= 0.3 is 0 Å². The highest BCUT2D eigenvalue weighted by Gasteiger charge is 2.25. The van der Waals surface area contributed by atoms with Crippen LogP contribution in [0.4, 0.5) is 10.2 Å². The van der Waals surface area contributed by atoms with Crippen molar-refractivity contribution >= 4 is 5.82 Å². The molecule has 1 aliphatic heterocycles. The molecule has 2 aromatic rings. The summed E-state index contributed by atoms with van der Waals surface area (Å²) in [5.41, 5.74) is 1.60. The van der Waals surface area contributed by atoms with Crippen LogP contribution in [0.5, 0.6) is 0 Å². The summed E-state index contributed by atoms with van der Waals surface area (Å²) in [5, 5.41) is 18.6. The fraction of sp³-hybridized carbons (Fsp3) is 0.474. The molecule has 1 aliphatic rings. The van der Waals surface area contributed by atoms with Crippen LogP contribution in [0.15, 0.2) is 36.5 Å². The Morgan fingerprint density at radius 3 is 2.72 bits per heavy atom. The van der Waals surface area contributed by atoms with E-state index in [-0.39, 0.29) is 5.82 Å². The molecule has 2 heterocycles. The molecular weight excluding hydrogens is 319 g/mol. The molecule has 1 aromatic carbocycles. The highest BCUT2D eigenvalue weighted by molar-refractivity contribution is 5.36. The predicted molar refractivity (Wildman–Crippen MR) is 96.0 cm³/mol. The van der Waals surface area contributed by atoms with E-state index in [2.05, 4.69) is 27.0 Å². The second-order valence-corrected chi connectivity index (χ2v) is 6.74. The maximum Gasteiger partial charge on any atom is 0.151 e. The number of aryl methyl sites for hydroxylation is 1. The molecule has 1 aromatic heterocycles. The largest absolute Gasteiger partial charge is 0.387 e. The van der Waals surface area contributed by atoms with Crippen LogP contribution in [0.1, 0.15) is 30.1 Å². The molecule has 1 saturated heterocycles. The minimum Gasteiger partial charge on any atom is -0.387 e. The van der Waals surface area contributed by atoms with E-state index in [1.807, 2.05) is 19.1 Å². The summed E-state index contributed by atoms with van der Waals surface area (Å²) in [6, 6.07) is 8.87. The van der Waals surface area contributed by atoms with Gasteiger partial charge in [-0.05, 0) is 55.2 Å². The molecule has 1 fully saturated rings. The molecule has 1 atom stereocenters. The first-order valence-corrected chi connectivity index (χ1v) is 8.71. The summed E-state index contributed by atoms with van der Waals surface area (Å²) in [6.45, 7) is 4.26. The van der Waals surface area contributed by atoms with Gasteiger partial charge in [-0.1, -0.05) is 6.07 Å². The normalized spacial score (nSPS) is 17.4. The number of piperidine rings is 1. The summed E-state index contributed by atoms with van der Waals surface area (Å²) in [6.07, 6.45) is 3.12. The molecule has 0 amide bonds. The standard InChI is InChI=1S/C19H25FN4O/c1-14-12-15(20)5-6-17(14)18(25)13-24-10-7-16(8-11-24)23(2)19-4-3-9-21-22-19/h3-6,9,12,16,18,25H,7-8,10-11,13H2,1-2H3. The lowest BCUT2D eigenvalue weighted by Gasteiger charge is -2.37. The van der Waals surface area contributed by atoms with Crippen LogP contribution in [-0.2, 0) is 0 Å². The number of likely N-dealkylation sites (tertiary alicyclic amines) is 1. The molecule has 3 rings (SSSR count). The third-order valence-corrected chi connectivity index (χ3v) is 5.05.